The van der Waals surface area contributed by atoms with E-state index in [1.807, 2.05) is 0 Å². The number of rotatable bonds is 4. The normalized spacial score (nSPS) is 10.7. The molecule has 114 valence electrons. The highest BCUT2D eigenvalue weighted by Crippen LogP contribution is 2.29. The van der Waals surface area contributed by atoms with Gasteiger partial charge in [-0.1, -0.05) is 11.8 Å². The molecule has 3 N–H and O–H groups in total. The van der Waals surface area contributed by atoms with Crippen molar-refractivity contribution in [3.8, 4) is 11.8 Å². The lowest BCUT2D eigenvalue weighted by atomic mass is 10.1. The Morgan fingerprint density at radius 1 is 1.38 bits per heavy atom. The van der Waals surface area contributed by atoms with E-state index in [0.717, 1.165) is 6.07 Å². The molecule has 0 aliphatic heterocycles. The number of halogens is 4. The fourth-order valence-electron chi connectivity index (χ4n) is 1.36. The molecule has 0 fully saturated rings. The second kappa shape index (κ2) is 7.90. The second-order valence-electron chi connectivity index (χ2n) is 3.75. The molecular weight excluding hydrogens is 308 g/mol. The molecule has 0 atom stereocenters. The minimum absolute atomic E-state index is 0.126. The molecule has 21 heavy (non-hydrogen) atoms. The fraction of sp³-hybridized carbons (Fsp3) is 0.308. The van der Waals surface area contributed by atoms with Gasteiger partial charge in [-0.3, -0.25) is 4.79 Å². The van der Waals surface area contributed by atoms with Crippen molar-refractivity contribution in [1.29, 1.82) is 0 Å². The van der Waals surface area contributed by atoms with Crippen molar-refractivity contribution in [1.82, 2.24) is 5.32 Å². The van der Waals surface area contributed by atoms with Crippen molar-refractivity contribution in [2.45, 2.75) is 5.51 Å². The molecule has 1 rings (SSSR count). The predicted octanol–water partition coefficient (Wildman–Crippen LogP) is 2.12. The molecule has 0 heterocycles. The van der Waals surface area contributed by atoms with Gasteiger partial charge in [-0.15, -0.1) is 0 Å². The number of hydrogen-bond donors (Lipinski definition) is 2. The summed E-state index contributed by atoms with van der Waals surface area (Å²) >= 11 is -0.252. The monoisotopic (exact) mass is 320 g/mol. The third kappa shape index (κ3) is 6.51. The molecule has 1 amide bonds. The molecule has 0 saturated heterocycles. The highest BCUT2D eigenvalue weighted by atomic mass is 32.2. The molecule has 0 aliphatic rings. The van der Waals surface area contributed by atoms with Crippen molar-refractivity contribution in [3.05, 3.63) is 35.1 Å². The number of alkyl halides is 3. The van der Waals surface area contributed by atoms with Gasteiger partial charge in [-0.25, -0.2) is 4.39 Å². The van der Waals surface area contributed by atoms with Gasteiger partial charge in [0.2, 0.25) is 0 Å². The Hall–Kier alpha value is -1.72. The molecule has 3 nitrogen and oxygen atoms in total. The molecule has 1 aromatic carbocycles. The van der Waals surface area contributed by atoms with Crippen LogP contribution in [0.15, 0.2) is 18.2 Å². The number of benzene rings is 1. The maximum absolute atomic E-state index is 13.7. The SMILES string of the molecule is NCC#Cc1ccc(C(=O)NCCSC(F)(F)F)c(F)c1. The Morgan fingerprint density at radius 2 is 2.10 bits per heavy atom. The van der Waals surface area contributed by atoms with Gasteiger partial charge in [0.05, 0.1) is 12.1 Å². The first-order valence-electron chi connectivity index (χ1n) is 5.81. The van der Waals surface area contributed by atoms with Crippen LogP contribution in [0.4, 0.5) is 17.6 Å². The van der Waals surface area contributed by atoms with Crippen molar-refractivity contribution >= 4 is 17.7 Å². The first-order chi connectivity index (χ1) is 9.83. The zero-order chi connectivity index (χ0) is 15.9. The molecule has 0 aliphatic carbocycles. The molecule has 0 bridgehead atoms. The summed E-state index contributed by atoms with van der Waals surface area (Å²) in [5.74, 6) is 3.24. The van der Waals surface area contributed by atoms with Crippen LogP contribution < -0.4 is 11.1 Å². The van der Waals surface area contributed by atoms with Gasteiger partial charge in [0.1, 0.15) is 5.82 Å². The number of hydrogen-bond acceptors (Lipinski definition) is 3. The fourth-order valence-corrected chi connectivity index (χ4v) is 1.79. The molecule has 0 aromatic heterocycles. The van der Waals surface area contributed by atoms with Gasteiger partial charge < -0.3 is 11.1 Å². The standard InChI is InChI=1S/C13H12F4N2OS/c14-11-8-9(2-1-5-18)3-4-10(11)12(20)19-6-7-21-13(15,16)17/h3-4,8H,5-7,18H2,(H,19,20). The number of amides is 1. The Kier molecular flexibility index (Phi) is 6.52. The Balaban J connectivity index is 2.58. The Morgan fingerprint density at radius 3 is 2.67 bits per heavy atom. The largest absolute Gasteiger partial charge is 0.441 e. The van der Waals surface area contributed by atoms with E-state index in [2.05, 4.69) is 17.2 Å². The zero-order valence-corrected chi connectivity index (χ0v) is 11.6. The lowest BCUT2D eigenvalue weighted by Crippen LogP contribution is -2.27. The van der Waals surface area contributed by atoms with E-state index in [-0.39, 0.29) is 36.2 Å². The van der Waals surface area contributed by atoms with Gasteiger partial charge >= 0.3 is 5.51 Å². The minimum Gasteiger partial charge on any atom is -0.351 e. The Labute approximate surface area is 123 Å². The van der Waals surface area contributed by atoms with Crippen LogP contribution in [0.5, 0.6) is 0 Å². The molecular formula is C13H12F4N2OS. The third-order valence-corrected chi connectivity index (χ3v) is 2.94. The highest BCUT2D eigenvalue weighted by Gasteiger charge is 2.27. The van der Waals surface area contributed by atoms with E-state index in [1.165, 1.54) is 12.1 Å². The van der Waals surface area contributed by atoms with E-state index in [9.17, 15) is 22.4 Å². The van der Waals surface area contributed by atoms with Crippen LogP contribution in [-0.2, 0) is 0 Å². The van der Waals surface area contributed by atoms with Crippen LogP contribution in [0.2, 0.25) is 0 Å². The van der Waals surface area contributed by atoms with Gasteiger partial charge in [-0.2, -0.15) is 13.2 Å². The highest BCUT2D eigenvalue weighted by molar-refractivity contribution is 8.00. The number of thioether (sulfide) groups is 1. The molecule has 0 spiro atoms. The molecule has 0 radical (unpaired) electrons. The van der Waals surface area contributed by atoms with Crippen molar-refractivity contribution < 1.29 is 22.4 Å². The minimum atomic E-state index is -4.35. The Bertz CT molecular complexity index is 564. The summed E-state index contributed by atoms with van der Waals surface area (Å²) in [6.07, 6.45) is 0. The quantitative estimate of drug-likeness (QED) is 0.508. The number of nitrogens with one attached hydrogen (secondary N) is 1. The van der Waals surface area contributed by atoms with Gasteiger partial charge in [0, 0.05) is 17.9 Å². The van der Waals surface area contributed by atoms with Crippen LogP contribution >= 0.6 is 11.8 Å². The lowest BCUT2D eigenvalue weighted by molar-refractivity contribution is -0.0327. The topological polar surface area (TPSA) is 55.1 Å². The van der Waals surface area contributed by atoms with Gasteiger partial charge in [-0.05, 0) is 30.0 Å². The summed E-state index contributed by atoms with van der Waals surface area (Å²) < 4.78 is 49.3. The maximum Gasteiger partial charge on any atom is 0.441 e. The lowest BCUT2D eigenvalue weighted by Gasteiger charge is -2.08. The van der Waals surface area contributed by atoms with E-state index in [4.69, 9.17) is 5.73 Å². The maximum atomic E-state index is 13.7. The zero-order valence-electron chi connectivity index (χ0n) is 10.8. The van der Waals surface area contributed by atoms with E-state index >= 15 is 0 Å². The van der Waals surface area contributed by atoms with E-state index in [0.29, 0.717) is 5.56 Å². The van der Waals surface area contributed by atoms with Crippen LogP contribution in [0.25, 0.3) is 0 Å². The van der Waals surface area contributed by atoms with Gasteiger partial charge in [0.25, 0.3) is 5.91 Å². The summed E-state index contributed by atoms with van der Waals surface area (Å²) in [5, 5.41) is 2.22. The smallest absolute Gasteiger partial charge is 0.351 e. The number of nitrogens with two attached hydrogens (primary N) is 1. The predicted molar refractivity (Wildman–Crippen MR) is 73.2 cm³/mol. The number of carbonyl (C=O) groups is 1. The summed E-state index contributed by atoms with van der Waals surface area (Å²) in [4.78, 5) is 11.6. The first-order valence-corrected chi connectivity index (χ1v) is 6.79. The second-order valence-corrected chi connectivity index (χ2v) is 4.91. The summed E-state index contributed by atoms with van der Waals surface area (Å²) in [6.45, 7) is -0.0854. The molecule has 0 saturated carbocycles. The van der Waals surface area contributed by atoms with Gasteiger partial charge in [0.15, 0.2) is 0 Å². The average Bonchev–Trinajstić information content (AvgIpc) is 2.40. The van der Waals surface area contributed by atoms with Crippen LogP contribution in [0.1, 0.15) is 15.9 Å². The molecule has 1 aromatic rings. The van der Waals surface area contributed by atoms with Crippen molar-refractivity contribution in [2.75, 3.05) is 18.8 Å². The molecule has 8 heteroatoms. The van der Waals surface area contributed by atoms with E-state index < -0.39 is 17.2 Å². The summed E-state index contributed by atoms with van der Waals surface area (Å²) in [5.41, 5.74) is 0.948. The third-order valence-electron chi connectivity index (χ3n) is 2.20. The molecule has 0 unspecified atom stereocenters. The van der Waals surface area contributed by atoms with Crippen LogP contribution in [0.3, 0.4) is 0 Å². The van der Waals surface area contributed by atoms with Crippen molar-refractivity contribution in [3.63, 3.8) is 0 Å². The van der Waals surface area contributed by atoms with E-state index in [1.54, 1.807) is 0 Å². The number of carbonyl (C=O) groups excluding carboxylic acids is 1. The first kappa shape index (κ1) is 17.3. The average molecular weight is 320 g/mol. The van der Waals surface area contributed by atoms with Crippen molar-refractivity contribution in [2.24, 2.45) is 5.73 Å². The summed E-state index contributed by atoms with van der Waals surface area (Å²) in [6, 6.07) is 3.73. The summed E-state index contributed by atoms with van der Waals surface area (Å²) in [7, 11) is 0. The van der Waals surface area contributed by atoms with Crippen LogP contribution in [-0.4, -0.2) is 30.3 Å². The van der Waals surface area contributed by atoms with Crippen LogP contribution in [0, 0.1) is 17.7 Å².